The highest BCUT2D eigenvalue weighted by Gasteiger charge is 2.20. The Kier molecular flexibility index (Phi) is 7.91. The molecule has 1 rings (SSSR count). The Bertz CT molecular complexity index is 442. The number of hydrogen-bond acceptors (Lipinski definition) is 5. The maximum absolute atomic E-state index is 10.6. The van der Waals surface area contributed by atoms with Crippen LogP contribution in [0.5, 0.6) is 0 Å². The van der Waals surface area contributed by atoms with Gasteiger partial charge in [-0.05, 0) is 25.5 Å². The molecule has 0 atom stereocenters. The average Bonchev–Trinajstić information content (AvgIpc) is 2.46. The highest BCUT2D eigenvalue weighted by Crippen LogP contribution is 2.13. The molecule has 0 aromatic heterocycles. The van der Waals surface area contributed by atoms with E-state index in [0.717, 1.165) is 17.4 Å². The lowest BCUT2D eigenvalue weighted by molar-refractivity contribution is 0.0200. The quantitative estimate of drug-likeness (QED) is 0.697. The normalized spacial score (nSPS) is 10.5. The summed E-state index contributed by atoms with van der Waals surface area (Å²) in [4.78, 5) is 21.1. The summed E-state index contributed by atoms with van der Waals surface area (Å²) in [6, 6.07) is 3.60. The van der Waals surface area contributed by atoms with Crippen molar-refractivity contribution in [2.24, 2.45) is 5.41 Å². The standard InChI is InChI=1S/C10H10O2.C5H12O3/c1-7-3-8(2)10(6-12)9(4-7)5-11;1-5(2-6,3-7)4-8/h3-6H,1-2H3;6-8H,2-4H2,1H3. The van der Waals surface area contributed by atoms with Crippen LogP contribution in [0, 0.1) is 19.3 Å². The van der Waals surface area contributed by atoms with Crippen LogP contribution in [0.4, 0.5) is 0 Å². The summed E-state index contributed by atoms with van der Waals surface area (Å²) in [5.74, 6) is 0. The molecule has 0 bridgehead atoms. The van der Waals surface area contributed by atoms with Gasteiger partial charge in [0.05, 0.1) is 19.8 Å². The van der Waals surface area contributed by atoms with E-state index in [2.05, 4.69) is 0 Å². The number of carbonyl (C=O) groups is 2. The molecular weight excluding hydrogens is 260 g/mol. The molecule has 0 unspecified atom stereocenters. The van der Waals surface area contributed by atoms with Gasteiger partial charge in [-0.15, -0.1) is 0 Å². The summed E-state index contributed by atoms with van der Waals surface area (Å²) in [5, 5.41) is 25.4. The van der Waals surface area contributed by atoms with Gasteiger partial charge in [-0.2, -0.15) is 0 Å². The van der Waals surface area contributed by atoms with Crippen LogP contribution in [0.15, 0.2) is 12.1 Å². The first-order valence-electron chi connectivity index (χ1n) is 6.21. The van der Waals surface area contributed by atoms with Crippen molar-refractivity contribution in [2.45, 2.75) is 20.8 Å². The molecule has 112 valence electrons. The largest absolute Gasteiger partial charge is 0.396 e. The van der Waals surface area contributed by atoms with Gasteiger partial charge in [0.15, 0.2) is 12.6 Å². The second-order valence-corrected chi connectivity index (χ2v) is 5.11. The Hall–Kier alpha value is -1.56. The summed E-state index contributed by atoms with van der Waals surface area (Å²) in [6.45, 7) is 4.78. The van der Waals surface area contributed by atoms with Crippen LogP contribution >= 0.6 is 0 Å². The van der Waals surface area contributed by atoms with E-state index >= 15 is 0 Å². The van der Waals surface area contributed by atoms with Gasteiger partial charge in [-0.25, -0.2) is 0 Å². The van der Waals surface area contributed by atoms with Crippen LogP contribution in [-0.2, 0) is 0 Å². The molecule has 5 nitrogen and oxygen atoms in total. The minimum Gasteiger partial charge on any atom is -0.396 e. The Morgan fingerprint density at radius 3 is 1.80 bits per heavy atom. The van der Waals surface area contributed by atoms with E-state index in [1.54, 1.807) is 13.0 Å². The van der Waals surface area contributed by atoms with E-state index in [1.807, 2.05) is 19.9 Å². The number of aryl methyl sites for hydroxylation is 2. The van der Waals surface area contributed by atoms with E-state index < -0.39 is 5.41 Å². The molecule has 0 heterocycles. The Balaban J connectivity index is 0.000000396. The summed E-state index contributed by atoms with van der Waals surface area (Å²) in [6.07, 6.45) is 1.43. The SMILES string of the molecule is CC(CO)(CO)CO.Cc1cc(C)c(C=O)c(C=O)c1. The predicted molar refractivity (Wildman–Crippen MR) is 76.1 cm³/mol. The molecule has 0 fully saturated rings. The molecule has 1 aromatic rings. The summed E-state index contributed by atoms with van der Waals surface area (Å²) in [7, 11) is 0. The minimum absolute atomic E-state index is 0.181. The van der Waals surface area contributed by atoms with Crippen molar-refractivity contribution < 1.29 is 24.9 Å². The van der Waals surface area contributed by atoms with Crippen LogP contribution in [-0.4, -0.2) is 47.7 Å². The third-order valence-electron chi connectivity index (χ3n) is 2.95. The molecule has 0 amide bonds. The number of aliphatic hydroxyl groups excluding tert-OH is 3. The van der Waals surface area contributed by atoms with E-state index in [1.165, 1.54) is 0 Å². The van der Waals surface area contributed by atoms with Crippen LogP contribution < -0.4 is 0 Å². The van der Waals surface area contributed by atoms with Gasteiger partial charge >= 0.3 is 0 Å². The number of aldehydes is 2. The van der Waals surface area contributed by atoms with Crippen LogP contribution in [0.2, 0.25) is 0 Å². The minimum atomic E-state index is -0.708. The summed E-state index contributed by atoms with van der Waals surface area (Å²) >= 11 is 0. The zero-order valence-corrected chi connectivity index (χ0v) is 12.1. The van der Waals surface area contributed by atoms with E-state index in [-0.39, 0.29) is 19.8 Å². The van der Waals surface area contributed by atoms with E-state index in [4.69, 9.17) is 15.3 Å². The first kappa shape index (κ1) is 18.4. The van der Waals surface area contributed by atoms with Gasteiger partial charge in [0, 0.05) is 16.5 Å². The lowest BCUT2D eigenvalue weighted by atomic mass is 9.95. The van der Waals surface area contributed by atoms with E-state index in [0.29, 0.717) is 17.4 Å². The monoisotopic (exact) mass is 282 g/mol. The zero-order valence-electron chi connectivity index (χ0n) is 12.1. The lowest BCUT2D eigenvalue weighted by Crippen LogP contribution is -2.29. The highest BCUT2D eigenvalue weighted by atomic mass is 16.3. The molecule has 5 heteroatoms. The predicted octanol–water partition coefficient (Wildman–Crippen LogP) is 0.898. The van der Waals surface area contributed by atoms with Crippen molar-refractivity contribution in [1.82, 2.24) is 0 Å². The third-order valence-corrected chi connectivity index (χ3v) is 2.95. The van der Waals surface area contributed by atoms with Crippen molar-refractivity contribution in [2.75, 3.05) is 19.8 Å². The molecule has 0 spiro atoms. The topological polar surface area (TPSA) is 94.8 Å². The maximum Gasteiger partial charge on any atom is 0.151 e. The fourth-order valence-electron chi connectivity index (χ4n) is 1.42. The molecule has 20 heavy (non-hydrogen) atoms. The van der Waals surface area contributed by atoms with Gasteiger partial charge < -0.3 is 15.3 Å². The lowest BCUT2D eigenvalue weighted by Gasteiger charge is -2.20. The van der Waals surface area contributed by atoms with Gasteiger partial charge in [0.1, 0.15) is 0 Å². The smallest absolute Gasteiger partial charge is 0.151 e. The van der Waals surface area contributed by atoms with Gasteiger partial charge in [0.2, 0.25) is 0 Å². The average molecular weight is 282 g/mol. The van der Waals surface area contributed by atoms with Crippen molar-refractivity contribution in [1.29, 1.82) is 0 Å². The number of rotatable bonds is 5. The third kappa shape index (κ3) is 5.21. The van der Waals surface area contributed by atoms with Crippen LogP contribution in [0.3, 0.4) is 0 Å². The number of aliphatic hydroxyl groups is 3. The molecule has 0 radical (unpaired) electrons. The fourth-order valence-corrected chi connectivity index (χ4v) is 1.42. The van der Waals surface area contributed by atoms with E-state index in [9.17, 15) is 9.59 Å². The molecular formula is C15H22O5. The fraction of sp³-hybridized carbons (Fsp3) is 0.467. The van der Waals surface area contributed by atoms with Crippen LogP contribution in [0.25, 0.3) is 0 Å². The second-order valence-electron chi connectivity index (χ2n) is 5.11. The van der Waals surface area contributed by atoms with Crippen molar-refractivity contribution in [3.05, 3.63) is 34.4 Å². The van der Waals surface area contributed by atoms with Gasteiger partial charge in [-0.3, -0.25) is 9.59 Å². The number of carbonyl (C=O) groups excluding carboxylic acids is 2. The van der Waals surface area contributed by atoms with Gasteiger partial charge in [-0.1, -0.05) is 18.6 Å². The molecule has 0 saturated carbocycles. The molecule has 3 N–H and O–H groups in total. The zero-order chi connectivity index (χ0) is 15.8. The van der Waals surface area contributed by atoms with Crippen LogP contribution in [0.1, 0.15) is 38.8 Å². The number of hydrogen-bond donors (Lipinski definition) is 3. The Morgan fingerprint density at radius 2 is 1.50 bits per heavy atom. The van der Waals surface area contributed by atoms with Crippen molar-refractivity contribution in [3.63, 3.8) is 0 Å². The summed E-state index contributed by atoms with van der Waals surface area (Å²) < 4.78 is 0. The maximum atomic E-state index is 10.6. The molecule has 0 saturated heterocycles. The second kappa shape index (κ2) is 8.58. The molecule has 0 aliphatic carbocycles. The molecule has 0 aliphatic rings. The van der Waals surface area contributed by atoms with Crippen molar-refractivity contribution in [3.8, 4) is 0 Å². The molecule has 0 aliphatic heterocycles. The Morgan fingerprint density at radius 1 is 1.00 bits per heavy atom. The first-order chi connectivity index (χ1) is 9.37. The van der Waals surface area contributed by atoms with Gasteiger partial charge in [0.25, 0.3) is 0 Å². The number of benzene rings is 1. The molecule has 1 aromatic carbocycles. The van der Waals surface area contributed by atoms with Crippen molar-refractivity contribution >= 4 is 12.6 Å². The first-order valence-corrected chi connectivity index (χ1v) is 6.21. The Labute approximate surface area is 118 Å². The highest BCUT2D eigenvalue weighted by molar-refractivity contribution is 5.91. The summed E-state index contributed by atoms with van der Waals surface area (Å²) in [5.41, 5.74) is 2.12.